The van der Waals surface area contributed by atoms with E-state index >= 15 is 0 Å². The topological polar surface area (TPSA) is 6.48 Å². The molecule has 0 N–H and O–H groups in total. The lowest BCUT2D eigenvalue weighted by molar-refractivity contribution is 0.0967. The van der Waals surface area contributed by atoms with Crippen LogP contribution < -0.4 is 4.90 Å². The Hall–Kier alpha value is -2.65. The maximum Gasteiger partial charge on any atom is 0.123 e. The van der Waals surface area contributed by atoms with Crippen LogP contribution in [0, 0.1) is 5.82 Å². The van der Waals surface area contributed by atoms with Crippen molar-refractivity contribution < 1.29 is 4.39 Å². The first-order valence-corrected chi connectivity index (χ1v) is 10.7. The zero-order valence-electron chi connectivity index (χ0n) is 16.6. The Morgan fingerprint density at radius 3 is 1.97 bits per heavy atom. The van der Waals surface area contributed by atoms with E-state index in [0.717, 1.165) is 25.3 Å². The molecule has 2 bridgehead atoms. The minimum atomic E-state index is -0.162. The number of hydrogen-bond donors (Lipinski definition) is 0. The molecule has 3 aromatic rings. The molecule has 0 amide bonds. The van der Waals surface area contributed by atoms with Crippen molar-refractivity contribution in [3.63, 3.8) is 0 Å². The van der Waals surface area contributed by atoms with Gasteiger partial charge in [0.15, 0.2) is 0 Å². The van der Waals surface area contributed by atoms with Gasteiger partial charge in [-0.1, -0.05) is 60.7 Å². The summed E-state index contributed by atoms with van der Waals surface area (Å²) < 4.78 is 13.3. The third-order valence-corrected chi connectivity index (χ3v) is 6.64. The molecule has 0 aliphatic carbocycles. The number of piperazine rings is 1. The van der Waals surface area contributed by atoms with E-state index in [0.29, 0.717) is 18.0 Å². The van der Waals surface area contributed by atoms with Gasteiger partial charge in [-0.25, -0.2) is 4.39 Å². The molecule has 3 heteroatoms. The minimum absolute atomic E-state index is 0.162. The molecule has 29 heavy (non-hydrogen) atoms. The summed E-state index contributed by atoms with van der Waals surface area (Å²) in [5, 5.41) is 0. The van der Waals surface area contributed by atoms with Gasteiger partial charge < -0.3 is 4.90 Å². The average molecular weight is 387 g/mol. The molecule has 0 saturated carbocycles. The number of nitrogens with zero attached hydrogens (tertiary/aromatic N) is 2. The maximum atomic E-state index is 13.3. The van der Waals surface area contributed by atoms with Crippen molar-refractivity contribution in [2.75, 3.05) is 24.5 Å². The zero-order valence-corrected chi connectivity index (χ0v) is 16.6. The van der Waals surface area contributed by atoms with Gasteiger partial charge >= 0.3 is 0 Å². The van der Waals surface area contributed by atoms with Crippen molar-refractivity contribution in [2.45, 2.75) is 30.8 Å². The second kappa shape index (κ2) is 8.00. The van der Waals surface area contributed by atoms with Gasteiger partial charge in [-0.15, -0.1) is 0 Å². The van der Waals surface area contributed by atoms with Crippen LogP contribution >= 0.6 is 0 Å². The first kappa shape index (κ1) is 18.4. The lowest BCUT2D eigenvalue weighted by Crippen LogP contribution is -2.60. The highest BCUT2D eigenvalue weighted by molar-refractivity contribution is 5.48. The maximum absolute atomic E-state index is 13.3. The van der Waals surface area contributed by atoms with Gasteiger partial charge in [0.1, 0.15) is 5.82 Å². The summed E-state index contributed by atoms with van der Waals surface area (Å²) in [4.78, 5) is 5.17. The summed E-state index contributed by atoms with van der Waals surface area (Å²) in [5.74, 6) is 0.236. The van der Waals surface area contributed by atoms with Crippen LogP contribution in [-0.2, 0) is 0 Å². The molecule has 2 aliphatic rings. The predicted molar refractivity (Wildman–Crippen MR) is 117 cm³/mol. The van der Waals surface area contributed by atoms with E-state index in [1.807, 2.05) is 12.1 Å². The van der Waals surface area contributed by atoms with Crippen LogP contribution in [0.2, 0.25) is 0 Å². The molecular weight excluding hydrogens is 359 g/mol. The largest absolute Gasteiger partial charge is 0.366 e. The second-order valence-corrected chi connectivity index (χ2v) is 8.26. The Bertz CT molecular complexity index is 886. The highest BCUT2D eigenvalue weighted by atomic mass is 19.1. The normalized spacial score (nSPS) is 23.9. The molecule has 2 saturated heterocycles. The van der Waals surface area contributed by atoms with Crippen LogP contribution in [0.25, 0.3) is 0 Å². The average Bonchev–Trinajstić information content (AvgIpc) is 2.78. The number of fused-ring (bicyclic) bond motifs is 2. The van der Waals surface area contributed by atoms with Crippen molar-refractivity contribution in [2.24, 2.45) is 0 Å². The molecular formula is C26H27FN2. The molecule has 2 aliphatic heterocycles. The minimum Gasteiger partial charge on any atom is -0.366 e. The third kappa shape index (κ3) is 3.67. The number of piperidine rings is 1. The van der Waals surface area contributed by atoms with E-state index in [2.05, 4.69) is 70.5 Å². The Morgan fingerprint density at radius 1 is 0.724 bits per heavy atom. The molecule has 2 nitrogen and oxygen atoms in total. The van der Waals surface area contributed by atoms with E-state index in [9.17, 15) is 4.39 Å². The van der Waals surface area contributed by atoms with Crippen molar-refractivity contribution in [3.8, 4) is 0 Å². The van der Waals surface area contributed by atoms with E-state index < -0.39 is 0 Å². The smallest absolute Gasteiger partial charge is 0.123 e. The monoisotopic (exact) mass is 386 g/mol. The Kier molecular flexibility index (Phi) is 5.07. The van der Waals surface area contributed by atoms with E-state index in [1.165, 1.54) is 24.0 Å². The molecule has 5 rings (SSSR count). The number of anilines is 1. The van der Waals surface area contributed by atoms with Gasteiger partial charge in [0.2, 0.25) is 0 Å². The third-order valence-electron chi connectivity index (χ3n) is 6.64. The molecule has 0 radical (unpaired) electrons. The summed E-state index contributed by atoms with van der Waals surface area (Å²) in [6.07, 6.45) is 2.35. The molecule has 0 spiro atoms. The lowest BCUT2D eigenvalue weighted by Gasteiger charge is -2.51. The highest BCUT2D eigenvalue weighted by Gasteiger charge is 2.39. The van der Waals surface area contributed by atoms with Crippen LogP contribution in [-0.4, -0.2) is 36.6 Å². The lowest BCUT2D eigenvalue weighted by atomic mass is 9.79. The molecule has 3 atom stereocenters. The highest BCUT2D eigenvalue weighted by Crippen LogP contribution is 2.38. The van der Waals surface area contributed by atoms with Crippen LogP contribution in [0.4, 0.5) is 10.1 Å². The number of hydrogen-bond acceptors (Lipinski definition) is 2. The fourth-order valence-corrected chi connectivity index (χ4v) is 5.28. The van der Waals surface area contributed by atoms with Gasteiger partial charge in [-0.2, -0.15) is 0 Å². The fourth-order valence-electron chi connectivity index (χ4n) is 5.28. The van der Waals surface area contributed by atoms with Gasteiger partial charge in [-0.3, -0.25) is 4.90 Å². The van der Waals surface area contributed by atoms with Gasteiger partial charge in [0.05, 0.1) is 0 Å². The second-order valence-electron chi connectivity index (χ2n) is 8.26. The molecule has 3 aromatic carbocycles. The first-order valence-electron chi connectivity index (χ1n) is 10.7. The van der Waals surface area contributed by atoms with Gasteiger partial charge in [-0.05, 0) is 48.2 Å². The summed E-state index contributed by atoms with van der Waals surface area (Å²) in [5.41, 5.74) is 3.96. The number of halogens is 1. The zero-order chi connectivity index (χ0) is 19.6. The predicted octanol–water partition coefficient (Wildman–Crippen LogP) is 5.31. The summed E-state index contributed by atoms with van der Waals surface area (Å²) in [6, 6.07) is 30.0. The SMILES string of the molecule is Fc1ccc(N2CCN3CC2CCC3C(c2ccccc2)c2ccccc2)cc1. The van der Waals surface area contributed by atoms with E-state index in [-0.39, 0.29) is 5.82 Å². The Balaban J connectivity index is 1.40. The Labute approximate surface area is 172 Å². The molecule has 2 heterocycles. The summed E-state index contributed by atoms with van der Waals surface area (Å²) in [6.45, 7) is 3.13. The number of rotatable bonds is 4. The van der Waals surface area contributed by atoms with Crippen LogP contribution in [0.15, 0.2) is 84.9 Å². The molecule has 148 valence electrons. The quantitative estimate of drug-likeness (QED) is 0.599. The van der Waals surface area contributed by atoms with Gasteiger partial charge in [0, 0.05) is 43.3 Å². The fraction of sp³-hybridized carbons (Fsp3) is 0.308. The first-order chi connectivity index (χ1) is 14.3. The van der Waals surface area contributed by atoms with Crippen molar-refractivity contribution in [3.05, 3.63) is 102 Å². The molecule has 0 aromatic heterocycles. The summed E-state index contributed by atoms with van der Waals surface area (Å²) >= 11 is 0. The number of benzene rings is 3. The van der Waals surface area contributed by atoms with Gasteiger partial charge in [0.25, 0.3) is 0 Å². The van der Waals surface area contributed by atoms with E-state index in [1.54, 1.807) is 12.1 Å². The van der Waals surface area contributed by atoms with Crippen LogP contribution in [0.5, 0.6) is 0 Å². The van der Waals surface area contributed by atoms with Crippen molar-refractivity contribution in [1.29, 1.82) is 0 Å². The molecule has 3 unspecified atom stereocenters. The summed E-state index contributed by atoms with van der Waals surface area (Å²) in [7, 11) is 0. The van der Waals surface area contributed by atoms with Crippen LogP contribution in [0.1, 0.15) is 29.9 Å². The molecule has 2 fully saturated rings. The van der Waals surface area contributed by atoms with Crippen molar-refractivity contribution in [1.82, 2.24) is 4.90 Å². The van der Waals surface area contributed by atoms with Crippen LogP contribution in [0.3, 0.4) is 0 Å². The van der Waals surface area contributed by atoms with E-state index in [4.69, 9.17) is 0 Å². The van der Waals surface area contributed by atoms with Crippen molar-refractivity contribution >= 4 is 5.69 Å². The Morgan fingerprint density at radius 2 is 1.34 bits per heavy atom. The standard InChI is InChI=1S/C26H27FN2/c27-22-11-13-23(14-12-22)29-18-17-28-19-24(29)15-16-25(28)26(20-7-3-1-4-8-20)21-9-5-2-6-10-21/h1-14,24-26H,15-19H2.